The molecule has 1 rings (SSSR count). The van der Waals surface area contributed by atoms with Crippen LogP contribution in [0.2, 0.25) is 0 Å². The summed E-state index contributed by atoms with van der Waals surface area (Å²) in [7, 11) is 2.23. The van der Waals surface area contributed by atoms with E-state index < -0.39 is 0 Å². The number of piperidine rings is 1. The van der Waals surface area contributed by atoms with Crippen LogP contribution in [0.3, 0.4) is 0 Å². The van der Waals surface area contributed by atoms with Crippen molar-refractivity contribution in [1.29, 1.82) is 0 Å². The highest BCUT2D eigenvalue weighted by Gasteiger charge is 2.15. The molecule has 0 N–H and O–H groups in total. The van der Waals surface area contributed by atoms with Gasteiger partial charge in [-0.15, -0.1) is 0 Å². The molecular weight excluding hydrogens is 142 g/mol. The van der Waals surface area contributed by atoms with E-state index in [4.69, 9.17) is 0 Å². The smallest absolute Gasteiger partial charge is 0.00145 e. The van der Waals surface area contributed by atoms with Gasteiger partial charge < -0.3 is 4.90 Å². The van der Waals surface area contributed by atoms with Crippen LogP contribution in [-0.2, 0) is 0 Å². The summed E-state index contributed by atoms with van der Waals surface area (Å²) in [4.78, 5) is 2.45. The monoisotopic (exact) mass is 159 g/mol. The van der Waals surface area contributed by atoms with Gasteiger partial charge in [0.1, 0.15) is 0 Å². The van der Waals surface area contributed by atoms with Crippen molar-refractivity contribution in [2.24, 2.45) is 5.92 Å². The first-order chi connectivity index (χ1) is 4.83. The van der Waals surface area contributed by atoms with Crippen LogP contribution in [0.15, 0.2) is 0 Å². The van der Waals surface area contributed by atoms with E-state index in [1.54, 1.807) is 0 Å². The van der Waals surface area contributed by atoms with E-state index >= 15 is 0 Å². The second-order valence-corrected chi connectivity index (χ2v) is 4.14. The van der Waals surface area contributed by atoms with Gasteiger partial charge in [0.05, 0.1) is 0 Å². The van der Waals surface area contributed by atoms with E-state index in [1.165, 1.54) is 31.7 Å². The fourth-order valence-electron chi connectivity index (χ4n) is 1.64. The van der Waals surface area contributed by atoms with Gasteiger partial charge in [0, 0.05) is 6.54 Å². The Morgan fingerprint density at radius 2 is 2.40 bits per heavy atom. The first-order valence-corrected chi connectivity index (χ1v) is 5.40. The molecule has 0 aromatic heterocycles. The molecule has 0 bridgehead atoms. The van der Waals surface area contributed by atoms with E-state index in [0.717, 1.165) is 5.92 Å². The predicted octanol–water partition coefficient (Wildman–Crippen LogP) is 1.69. The van der Waals surface area contributed by atoms with Crippen LogP contribution in [0.1, 0.15) is 12.8 Å². The van der Waals surface area contributed by atoms with Gasteiger partial charge in [-0.3, -0.25) is 0 Å². The van der Waals surface area contributed by atoms with Crippen molar-refractivity contribution in [3.8, 4) is 0 Å². The van der Waals surface area contributed by atoms with Gasteiger partial charge in [0.25, 0.3) is 0 Å². The lowest BCUT2D eigenvalue weighted by atomic mass is 10.0. The van der Waals surface area contributed by atoms with Crippen molar-refractivity contribution in [3.63, 3.8) is 0 Å². The van der Waals surface area contributed by atoms with Crippen LogP contribution in [-0.4, -0.2) is 37.0 Å². The second kappa shape index (κ2) is 4.24. The first-order valence-electron chi connectivity index (χ1n) is 4.00. The zero-order chi connectivity index (χ0) is 7.40. The van der Waals surface area contributed by atoms with Crippen LogP contribution >= 0.6 is 11.8 Å². The number of thioether (sulfide) groups is 1. The molecule has 10 heavy (non-hydrogen) atoms. The Morgan fingerprint density at radius 3 is 3.00 bits per heavy atom. The lowest BCUT2D eigenvalue weighted by Gasteiger charge is -2.28. The molecule has 1 fully saturated rings. The molecule has 2 heteroatoms. The lowest BCUT2D eigenvalue weighted by molar-refractivity contribution is 0.224. The summed E-state index contributed by atoms with van der Waals surface area (Å²) in [6.07, 6.45) is 5.06. The van der Waals surface area contributed by atoms with E-state index in [1.807, 2.05) is 11.8 Å². The van der Waals surface area contributed by atoms with Gasteiger partial charge in [-0.05, 0) is 44.4 Å². The molecule has 1 heterocycles. The van der Waals surface area contributed by atoms with E-state index in [-0.39, 0.29) is 0 Å². The summed E-state index contributed by atoms with van der Waals surface area (Å²) >= 11 is 1.98. The highest BCUT2D eigenvalue weighted by Crippen LogP contribution is 2.17. The number of likely N-dealkylation sites (tertiary alicyclic amines) is 1. The molecule has 1 unspecified atom stereocenters. The molecule has 0 saturated carbocycles. The molecule has 1 atom stereocenters. The Balaban J connectivity index is 2.18. The standard InChI is InChI=1S/C8H17NS/c1-9-5-3-4-8(6-9)7-10-2/h8H,3-7H2,1-2H3. The van der Waals surface area contributed by atoms with Gasteiger partial charge in [0.2, 0.25) is 0 Å². The maximum Gasteiger partial charge on any atom is 0.00145 e. The zero-order valence-electron chi connectivity index (χ0n) is 6.97. The zero-order valence-corrected chi connectivity index (χ0v) is 7.78. The molecule has 1 aliphatic heterocycles. The summed E-state index contributed by atoms with van der Waals surface area (Å²) in [6, 6.07) is 0. The van der Waals surface area contributed by atoms with E-state index in [2.05, 4.69) is 18.2 Å². The first kappa shape index (κ1) is 8.41. The van der Waals surface area contributed by atoms with Crippen molar-refractivity contribution in [2.45, 2.75) is 12.8 Å². The summed E-state index contributed by atoms with van der Waals surface area (Å²) in [6.45, 7) is 2.63. The summed E-state index contributed by atoms with van der Waals surface area (Å²) < 4.78 is 0. The highest BCUT2D eigenvalue weighted by molar-refractivity contribution is 7.98. The minimum Gasteiger partial charge on any atom is -0.306 e. The molecule has 1 nitrogen and oxygen atoms in total. The van der Waals surface area contributed by atoms with Crippen LogP contribution in [0, 0.1) is 5.92 Å². The third-order valence-corrected chi connectivity index (χ3v) is 2.93. The largest absolute Gasteiger partial charge is 0.306 e. The van der Waals surface area contributed by atoms with Gasteiger partial charge in [-0.25, -0.2) is 0 Å². The summed E-state index contributed by atoms with van der Waals surface area (Å²) in [5, 5.41) is 0. The number of hydrogen-bond donors (Lipinski definition) is 0. The van der Waals surface area contributed by atoms with Gasteiger partial charge >= 0.3 is 0 Å². The van der Waals surface area contributed by atoms with Crippen LogP contribution in [0.25, 0.3) is 0 Å². The van der Waals surface area contributed by atoms with Crippen molar-refractivity contribution in [1.82, 2.24) is 4.90 Å². The minimum atomic E-state index is 0.966. The van der Waals surface area contributed by atoms with Gasteiger partial charge in [0.15, 0.2) is 0 Å². The van der Waals surface area contributed by atoms with Crippen LogP contribution in [0.4, 0.5) is 0 Å². The molecule has 60 valence electrons. The highest BCUT2D eigenvalue weighted by atomic mass is 32.2. The lowest BCUT2D eigenvalue weighted by Crippen LogP contribution is -2.32. The maximum absolute atomic E-state index is 2.45. The molecular formula is C8H17NS. The molecule has 0 spiro atoms. The topological polar surface area (TPSA) is 3.24 Å². The number of rotatable bonds is 2. The van der Waals surface area contributed by atoms with Crippen molar-refractivity contribution in [3.05, 3.63) is 0 Å². The Kier molecular flexibility index (Phi) is 3.57. The van der Waals surface area contributed by atoms with E-state index in [9.17, 15) is 0 Å². The fraction of sp³-hybridized carbons (Fsp3) is 1.00. The maximum atomic E-state index is 2.45. The molecule has 0 aromatic rings. The molecule has 0 aliphatic carbocycles. The average molecular weight is 159 g/mol. The van der Waals surface area contributed by atoms with Crippen LogP contribution in [0.5, 0.6) is 0 Å². The number of hydrogen-bond acceptors (Lipinski definition) is 2. The van der Waals surface area contributed by atoms with E-state index in [0.29, 0.717) is 0 Å². The SMILES string of the molecule is CSCC1CCCN(C)C1. The average Bonchev–Trinajstić information content (AvgIpc) is 1.88. The third-order valence-electron chi connectivity index (χ3n) is 2.12. The Bertz CT molecular complexity index is 93.3. The normalized spacial score (nSPS) is 28.8. The number of nitrogens with zero attached hydrogens (tertiary/aromatic N) is 1. The van der Waals surface area contributed by atoms with Crippen LogP contribution < -0.4 is 0 Å². The molecule has 1 saturated heterocycles. The summed E-state index contributed by atoms with van der Waals surface area (Å²) in [5.74, 6) is 2.32. The van der Waals surface area contributed by atoms with Gasteiger partial charge in [-0.1, -0.05) is 0 Å². The predicted molar refractivity (Wildman–Crippen MR) is 48.6 cm³/mol. The van der Waals surface area contributed by atoms with Crippen molar-refractivity contribution < 1.29 is 0 Å². The summed E-state index contributed by atoms with van der Waals surface area (Å²) in [5.41, 5.74) is 0. The van der Waals surface area contributed by atoms with Gasteiger partial charge in [-0.2, -0.15) is 11.8 Å². The molecule has 0 radical (unpaired) electrons. The quantitative estimate of drug-likeness (QED) is 0.603. The second-order valence-electron chi connectivity index (χ2n) is 3.23. The van der Waals surface area contributed by atoms with Crippen molar-refractivity contribution in [2.75, 3.05) is 32.1 Å². The Labute approximate surface area is 68.2 Å². The Hall–Kier alpha value is 0.310. The molecule has 0 aromatic carbocycles. The molecule has 1 aliphatic rings. The fourth-order valence-corrected chi connectivity index (χ4v) is 2.39. The molecule has 0 amide bonds. The Morgan fingerprint density at radius 1 is 1.60 bits per heavy atom. The minimum absolute atomic E-state index is 0.966. The third kappa shape index (κ3) is 2.51. The van der Waals surface area contributed by atoms with Crippen molar-refractivity contribution >= 4 is 11.8 Å².